The number of aryl methyl sites for hydroxylation is 1. The summed E-state index contributed by atoms with van der Waals surface area (Å²) in [5.41, 5.74) is 3.69. The maximum atomic E-state index is 5.41. The molecule has 0 N–H and O–H groups in total. The Morgan fingerprint density at radius 1 is 1.04 bits per heavy atom. The van der Waals surface area contributed by atoms with E-state index in [1.807, 2.05) is 30.3 Å². The summed E-state index contributed by atoms with van der Waals surface area (Å²) in [6.07, 6.45) is 4.04. The van der Waals surface area contributed by atoms with E-state index in [4.69, 9.17) is 9.47 Å². The molecule has 0 atom stereocenters. The number of benzene rings is 1. The van der Waals surface area contributed by atoms with E-state index >= 15 is 0 Å². The van der Waals surface area contributed by atoms with Crippen molar-refractivity contribution in [3.05, 3.63) is 41.6 Å². The Morgan fingerprint density at radius 3 is 2.60 bits per heavy atom. The molecule has 0 aliphatic carbocycles. The van der Waals surface area contributed by atoms with Crippen molar-refractivity contribution in [3.63, 3.8) is 0 Å². The number of hydrogen-bond acceptors (Lipinski definition) is 6. The van der Waals surface area contributed by atoms with Gasteiger partial charge in [-0.3, -0.25) is 4.57 Å². The molecule has 3 aromatic rings. The first kappa shape index (κ1) is 17.0. The summed E-state index contributed by atoms with van der Waals surface area (Å²) in [6.45, 7) is 0.705. The third-order valence-electron chi connectivity index (χ3n) is 4.10. The summed E-state index contributed by atoms with van der Waals surface area (Å²) in [4.78, 5) is 15.5. The first-order valence-corrected chi connectivity index (χ1v) is 7.56. The lowest BCUT2D eigenvalue weighted by molar-refractivity contribution is 0.367. The number of hydrogen-bond donors (Lipinski definition) is 0. The summed E-state index contributed by atoms with van der Waals surface area (Å²) in [7, 11) is 5.01. The van der Waals surface area contributed by atoms with Gasteiger partial charge in [0.2, 0.25) is 11.8 Å². The van der Waals surface area contributed by atoms with Gasteiger partial charge < -0.3 is 14.4 Å². The summed E-state index contributed by atoms with van der Waals surface area (Å²) < 4.78 is 12.5. The molecule has 0 saturated carbocycles. The number of aromatic nitrogens is 4. The van der Waals surface area contributed by atoms with Crippen LogP contribution in [-0.2, 0) is 13.6 Å². The lowest BCUT2D eigenvalue weighted by atomic mass is 10.0. The number of fused-ring (bicyclic) bond motifs is 2. The SMILES string of the molecule is COc1nc(N2C=Cc3ccccc3C2)nc2c1nc(OC)n2C.Cl. The minimum atomic E-state index is 0. The molecule has 1 aromatic carbocycles. The summed E-state index contributed by atoms with van der Waals surface area (Å²) in [5.74, 6) is 0.997. The third kappa shape index (κ3) is 2.76. The van der Waals surface area contributed by atoms with Crippen molar-refractivity contribution in [3.8, 4) is 11.9 Å². The van der Waals surface area contributed by atoms with Crippen LogP contribution in [0.3, 0.4) is 0 Å². The molecule has 8 heteroatoms. The van der Waals surface area contributed by atoms with Gasteiger partial charge in [0.05, 0.1) is 20.8 Å². The number of methoxy groups -OCH3 is 2. The van der Waals surface area contributed by atoms with E-state index in [1.54, 1.807) is 18.8 Å². The van der Waals surface area contributed by atoms with Gasteiger partial charge in [0, 0.05) is 13.2 Å². The van der Waals surface area contributed by atoms with E-state index in [2.05, 4.69) is 33.2 Å². The van der Waals surface area contributed by atoms with Crippen molar-refractivity contribution in [2.24, 2.45) is 7.05 Å². The molecule has 3 heterocycles. The molecule has 2 aromatic heterocycles. The molecule has 130 valence electrons. The van der Waals surface area contributed by atoms with Gasteiger partial charge in [-0.2, -0.15) is 15.0 Å². The number of imidazole rings is 1. The van der Waals surface area contributed by atoms with Gasteiger partial charge in [0.25, 0.3) is 6.01 Å². The Morgan fingerprint density at radius 2 is 1.84 bits per heavy atom. The molecule has 0 fully saturated rings. The van der Waals surface area contributed by atoms with Gasteiger partial charge in [0.1, 0.15) is 0 Å². The fourth-order valence-electron chi connectivity index (χ4n) is 2.84. The first-order chi connectivity index (χ1) is 11.7. The van der Waals surface area contributed by atoms with E-state index in [9.17, 15) is 0 Å². The van der Waals surface area contributed by atoms with Gasteiger partial charge in [-0.25, -0.2) is 0 Å². The lowest BCUT2D eigenvalue weighted by Crippen LogP contribution is -2.21. The van der Waals surface area contributed by atoms with E-state index in [0.29, 0.717) is 35.5 Å². The van der Waals surface area contributed by atoms with E-state index in [1.165, 1.54) is 11.1 Å². The maximum absolute atomic E-state index is 5.41. The lowest BCUT2D eigenvalue weighted by Gasteiger charge is -2.23. The van der Waals surface area contributed by atoms with Crippen LogP contribution in [-0.4, -0.2) is 33.7 Å². The number of nitrogens with zero attached hydrogens (tertiary/aromatic N) is 5. The maximum Gasteiger partial charge on any atom is 0.298 e. The normalized spacial score (nSPS) is 12.7. The van der Waals surface area contributed by atoms with Gasteiger partial charge in [0.15, 0.2) is 11.2 Å². The van der Waals surface area contributed by atoms with Crippen molar-refractivity contribution in [1.82, 2.24) is 19.5 Å². The Bertz CT molecular complexity index is 954. The van der Waals surface area contributed by atoms with E-state index in [0.717, 1.165) is 0 Å². The van der Waals surface area contributed by atoms with E-state index < -0.39 is 0 Å². The van der Waals surface area contributed by atoms with Gasteiger partial charge in [-0.05, 0) is 17.2 Å². The van der Waals surface area contributed by atoms with Crippen LogP contribution < -0.4 is 14.4 Å². The molecule has 7 nitrogen and oxygen atoms in total. The number of anilines is 1. The molecule has 0 spiro atoms. The zero-order chi connectivity index (χ0) is 16.7. The van der Waals surface area contributed by atoms with Crippen molar-refractivity contribution in [2.45, 2.75) is 6.54 Å². The molecule has 1 aliphatic heterocycles. The predicted octanol–water partition coefficient (Wildman–Crippen LogP) is 2.79. The molecule has 4 rings (SSSR count). The second-order valence-corrected chi connectivity index (χ2v) is 5.51. The summed E-state index contributed by atoms with van der Waals surface area (Å²) in [5, 5.41) is 0. The second-order valence-electron chi connectivity index (χ2n) is 5.51. The third-order valence-corrected chi connectivity index (χ3v) is 4.10. The highest BCUT2D eigenvalue weighted by molar-refractivity contribution is 5.85. The van der Waals surface area contributed by atoms with Crippen molar-refractivity contribution in [1.29, 1.82) is 0 Å². The smallest absolute Gasteiger partial charge is 0.298 e. The average molecular weight is 360 g/mol. The summed E-state index contributed by atoms with van der Waals surface area (Å²) in [6, 6.07) is 8.74. The van der Waals surface area contributed by atoms with Gasteiger partial charge in [-0.15, -0.1) is 12.4 Å². The van der Waals surface area contributed by atoms with E-state index in [-0.39, 0.29) is 12.4 Å². The molecular formula is C17H18ClN5O2. The monoisotopic (exact) mass is 359 g/mol. The Hall–Kier alpha value is -2.80. The summed E-state index contributed by atoms with van der Waals surface area (Å²) >= 11 is 0. The average Bonchev–Trinajstić information content (AvgIpc) is 2.96. The van der Waals surface area contributed by atoms with Crippen molar-refractivity contribution >= 4 is 35.6 Å². The zero-order valence-corrected chi connectivity index (χ0v) is 14.9. The van der Waals surface area contributed by atoms with Crippen LogP contribution >= 0.6 is 12.4 Å². The topological polar surface area (TPSA) is 65.3 Å². The Labute approximate surface area is 151 Å². The molecule has 0 amide bonds. The first-order valence-electron chi connectivity index (χ1n) is 7.56. The predicted molar refractivity (Wildman–Crippen MR) is 98.3 cm³/mol. The minimum absolute atomic E-state index is 0. The van der Waals surface area contributed by atoms with Crippen LogP contribution in [0.15, 0.2) is 30.5 Å². The molecule has 25 heavy (non-hydrogen) atoms. The van der Waals surface area contributed by atoms with Gasteiger partial charge >= 0.3 is 0 Å². The fourth-order valence-corrected chi connectivity index (χ4v) is 2.84. The largest absolute Gasteiger partial charge is 0.479 e. The number of rotatable bonds is 3. The highest BCUT2D eigenvalue weighted by atomic mass is 35.5. The van der Waals surface area contributed by atoms with Crippen LogP contribution in [0.2, 0.25) is 0 Å². The molecule has 0 unspecified atom stereocenters. The standard InChI is InChI=1S/C17H17N5O2.ClH/c1-21-14-13(18-17(21)24-3)15(23-2)20-16(19-14)22-9-8-11-6-4-5-7-12(11)10-22;/h4-9H,10H2,1-3H3;1H. The van der Waals surface area contributed by atoms with Crippen LogP contribution in [0.5, 0.6) is 11.9 Å². The number of halogens is 1. The quantitative estimate of drug-likeness (QED) is 0.716. The molecule has 1 aliphatic rings. The van der Waals surface area contributed by atoms with Gasteiger partial charge in [-0.1, -0.05) is 24.3 Å². The zero-order valence-electron chi connectivity index (χ0n) is 14.1. The van der Waals surface area contributed by atoms with Crippen LogP contribution in [0.4, 0.5) is 5.95 Å². The molecule has 0 saturated heterocycles. The Balaban J connectivity index is 0.00000182. The fraction of sp³-hybridized carbons (Fsp3) is 0.235. The Kier molecular flexibility index (Phi) is 4.50. The van der Waals surface area contributed by atoms with Crippen molar-refractivity contribution in [2.75, 3.05) is 19.1 Å². The van der Waals surface area contributed by atoms with Crippen LogP contribution in [0.25, 0.3) is 17.2 Å². The second kappa shape index (κ2) is 6.60. The van der Waals surface area contributed by atoms with Crippen LogP contribution in [0, 0.1) is 0 Å². The number of ether oxygens (including phenoxy) is 2. The van der Waals surface area contributed by atoms with Crippen LogP contribution in [0.1, 0.15) is 11.1 Å². The minimum Gasteiger partial charge on any atom is -0.479 e. The van der Waals surface area contributed by atoms with Crippen molar-refractivity contribution < 1.29 is 9.47 Å². The molecule has 0 radical (unpaired) electrons. The molecular weight excluding hydrogens is 342 g/mol. The highest BCUT2D eigenvalue weighted by Crippen LogP contribution is 2.29. The molecule has 0 bridgehead atoms. The highest BCUT2D eigenvalue weighted by Gasteiger charge is 2.21.